The number of thiazole rings is 1. The van der Waals surface area contributed by atoms with Gasteiger partial charge in [-0.05, 0) is 65.8 Å². The lowest BCUT2D eigenvalue weighted by Gasteiger charge is -2.20. The summed E-state index contributed by atoms with van der Waals surface area (Å²) in [6.07, 6.45) is 7.27. The lowest BCUT2D eigenvalue weighted by Crippen LogP contribution is -2.15. The largest absolute Gasteiger partial charge is 0.478 e. The summed E-state index contributed by atoms with van der Waals surface area (Å²) in [6.45, 7) is 10.3. The fourth-order valence-corrected chi connectivity index (χ4v) is 5.12. The van der Waals surface area contributed by atoms with Crippen LogP contribution in [0.25, 0.3) is 10.2 Å². The first-order valence-corrected chi connectivity index (χ1v) is 12.3. The van der Waals surface area contributed by atoms with E-state index in [2.05, 4.69) is 42.5 Å². The van der Waals surface area contributed by atoms with Crippen molar-refractivity contribution in [1.82, 2.24) is 9.71 Å². The maximum absolute atomic E-state index is 11.3. The Balaban J connectivity index is 0.00000141. The number of para-hydroxylation sites is 1. The van der Waals surface area contributed by atoms with E-state index in [0.717, 1.165) is 32.1 Å². The summed E-state index contributed by atoms with van der Waals surface area (Å²) < 4.78 is 4.68. The normalized spacial score (nSPS) is 16.3. The SMILES string of the molecule is C=C1C=C(CC(NSc2cccc(C(=O)O)c2)c2nc3ccccc3s2)C=CC1C.CC. The van der Waals surface area contributed by atoms with Crippen molar-refractivity contribution < 1.29 is 9.90 Å². The number of nitrogens with zero attached hydrogens (tertiary/aromatic N) is 1. The first kappa shape index (κ1) is 24.0. The summed E-state index contributed by atoms with van der Waals surface area (Å²) in [7, 11) is 0. The van der Waals surface area contributed by atoms with E-state index in [1.165, 1.54) is 17.5 Å². The summed E-state index contributed by atoms with van der Waals surface area (Å²) in [6, 6.07) is 15.1. The van der Waals surface area contributed by atoms with Gasteiger partial charge in [0.2, 0.25) is 0 Å². The maximum Gasteiger partial charge on any atom is 0.335 e. The Hall–Kier alpha value is -2.67. The smallest absolute Gasteiger partial charge is 0.335 e. The molecule has 2 unspecified atom stereocenters. The van der Waals surface area contributed by atoms with E-state index in [-0.39, 0.29) is 11.6 Å². The number of aromatic carboxylic acids is 1. The Kier molecular flexibility index (Phi) is 8.45. The van der Waals surface area contributed by atoms with Gasteiger partial charge in [-0.25, -0.2) is 14.5 Å². The number of aromatic nitrogens is 1. The molecule has 3 aromatic rings. The van der Waals surface area contributed by atoms with Gasteiger partial charge in [0.25, 0.3) is 0 Å². The molecule has 0 bridgehead atoms. The molecule has 1 aromatic heterocycles. The van der Waals surface area contributed by atoms with Crippen molar-refractivity contribution in [3.8, 4) is 0 Å². The average molecular weight is 465 g/mol. The minimum atomic E-state index is -0.926. The third-order valence-corrected chi connectivity index (χ3v) is 7.05. The molecule has 0 spiro atoms. The third-order valence-electron chi connectivity index (χ3n) is 5.00. The van der Waals surface area contributed by atoms with Crippen LogP contribution in [0.1, 0.15) is 48.6 Å². The lowest BCUT2D eigenvalue weighted by atomic mass is 9.91. The third kappa shape index (κ3) is 5.97. The van der Waals surface area contributed by atoms with E-state index < -0.39 is 5.97 Å². The summed E-state index contributed by atoms with van der Waals surface area (Å²) in [4.78, 5) is 17.0. The molecule has 166 valence electrons. The van der Waals surface area contributed by atoms with Gasteiger partial charge in [0.15, 0.2) is 0 Å². The average Bonchev–Trinajstić information content (AvgIpc) is 3.24. The molecular formula is C26H28N2O2S2. The van der Waals surface area contributed by atoms with Crippen LogP contribution in [0.3, 0.4) is 0 Å². The van der Waals surface area contributed by atoms with Gasteiger partial charge in [0.05, 0.1) is 21.8 Å². The van der Waals surface area contributed by atoms with Gasteiger partial charge in [0.1, 0.15) is 5.01 Å². The first-order valence-electron chi connectivity index (χ1n) is 10.7. The monoisotopic (exact) mass is 464 g/mol. The Morgan fingerprint density at radius 3 is 2.75 bits per heavy atom. The summed E-state index contributed by atoms with van der Waals surface area (Å²) in [5.74, 6) is -0.568. The van der Waals surface area contributed by atoms with Gasteiger partial charge >= 0.3 is 5.97 Å². The molecule has 2 aromatic carbocycles. The Morgan fingerprint density at radius 1 is 1.25 bits per heavy atom. The van der Waals surface area contributed by atoms with E-state index in [1.807, 2.05) is 38.1 Å². The van der Waals surface area contributed by atoms with Crippen molar-refractivity contribution >= 4 is 39.5 Å². The number of fused-ring (bicyclic) bond motifs is 1. The van der Waals surface area contributed by atoms with Gasteiger partial charge in [-0.2, -0.15) is 0 Å². The number of carboxylic acids is 1. The van der Waals surface area contributed by atoms with Crippen molar-refractivity contribution in [1.29, 1.82) is 0 Å². The zero-order valence-electron chi connectivity index (χ0n) is 18.5. The molecule has 2 N–H and O–H groups in total. The molecule has 4 rings (SSSR count). The zero-order chi connectivity index (χ0) is 23.1. The molecule has 2 atom stereocenters. The van der Waals surface area contributed by atoms with Crippen LogP contribution in [-0.4, -0.2) is 16.1 Å². The summed E-state index contributed by atoms with van der Waals surface area (Å²) in [5.41, 5.74) is 3.59. The minimum absolute atomic E-state index is 0.0157. The number of carboxylic acid groups (broad SMARTS) is 1. The molecule has 0 amide bonds. The first-order chi connectivity index (χ1) is 15.5. The quantitative estimate of drug-likeness (QED) is 0.356. The van der Waals surface area contributed by atoms with Gasteiger partial charge in [-0.1, -0.05) is 63.8 Å². The molecular weight excluding hydrogens is 436 g/mol. The molecule has 0 aliphatic heterocycles. The van der Waals surface area contributed by atoms with Crippen molar-refractivity contribution in [3.05, 3.63) is 95.1 Å². The molecule has 6 heteroatoms. The van der Waals surface area contributed by atoms with E-state index in [9.17, 15) is 9.90 Å². The highest BCUT2D eigenvalue weighted by Crippen LogP contribution is 2.34. The predicted octanol–water partition coefficient (Wildman–Crippen LogP) is 7.44. The Labute approximate surface area is 197 Å². The zero-order valence-corrected chi connectivity index (χ0v) is 20.2. The topological polar surface area (TPSA) is 62.2 Å². The molecule has 1 aliphatic carbocycles. The molecule has 32 heavy (non-hydrogen) atoms. The van der Waals surface area contributed by atoms with Gasteiger partial charge in [-0.15, -0.1) is 11.3 Å². The molecule has 0 fully saturated rings. The maximum atomic E-state index is 11.3. The van der Waals surface area contributed by atoms with Crippen LogP contribution in [-0.2, 0) is 0 Å². The lowest BCUT2D eigenvalue weighted by molar-refractivity contribution is 0.0696. The van der Waals surface area contributed by atoms with Crippen molar-refractivity contribution in [2.75, 3.05) is 0 Å². The molecule has 4 nitrogen and oxygen atoms in total. The number of hydrogen-bond acceptors (Lipinski definition) is 5. The fraction of sp³-hybridized carbons (Fsp3) is 0.231. The Bertz CT molecular complexity index is 1130. The van der Waals surface area contributed by atoms with Crippen molar-refractivity contribution in [2.45, 2.75) is 38.1 Å². The fourth-order valence-electron chi connectivity index (χ4n) is 3.22. The van der Waals surface area contributed by atoms with E-state index in [4.69, 9.17) is 4.98 Å². The highest BCUT2D eigenvalue weighted by Gasteiger charge is 2.20. The number of nitrogens with one attached hydrogen (secondary N) is 1. The number of hydrogen-bond donors (Lipinski definition) is 2. The van der Waals surface area contributed by atoms with E-state index in [0.29, 0.717) is 5.92 Å². The summed E-state index contributed by atoms with van der Waals surface area (Å²) in [5, 5.41) is 10.3. The second-order valence-electron chi connectivity index (χ2n) is 7.27. The van der Waals surface area contributed by atoms with Crippen molar-refractivity contribution in [2.24, 2.45) is 5.92 Å². The number of carbonyl (C=O) groups is 1. The molecule has 1 aliphatic rings. The van der Waals surface area contributed by atoms with E-state index >= 15 is 0 Å². The van der Waals surface area contributed by atoms with Crippen LogP contribution >= 0.6 is 23.3 Å². The highest BCUT2D eigenvalue weighted by molar-refractivity contribution is 7.97. The number of benzene rings is 2. The Morgan fingerprint density at radius 2 is 2.03 bits per heavy atom. The van der Waals surface area contributed by atoms with E-state index in [1.54, 1.807) is 29.5 Å². The summed E-state index contributed by atoms with van der Waals surface area (Å²) >= 11 is 3.12. The van der Waals surface area contributed by atoms with Crippen LogP contribution in [0.2, 0.25) is 0 Å². The molecule has 0 radical (unpaired) electrons. The standard InChI is InChI=1S/C24H22N2O2S2.C2H6/c1-15-10-11-17(12-16(15)2)13-21(23-25-20-8-3-4-9-22(20)29-23)26-30-19-7-5-6-18(14-19)24(27)28;1-2/h3-12,14-15,21,26H,2,13H2,1H3,(H,27,28);1-2H3. The van der Waals surface area contributed by atoms with Crippen LogP contribution < -0.4 is 4.72 Å². The second kappa shape index (κ2) is 11.3. The van der Waals surface area contributed by atoms with Crippen molar-refractivity contribution in [3.63, 3.8) is 0 Å². The van der Waals surface area contributed by atoms with Crippen LogP contribution in [0.5, 0.6) is 0 Å². The molecule has 0 saturated carbocycles. The van der Waals surface area contributed by atoms with Gasteiger partial charge in [-0.3, -0.25) is 0 Å². The van der Waals surface area contributed by atoms with Crippen LogP contribution in [0.4, 0.5) is 0 Å². The van der Waals surface area contributed by atoms with Gasteiger partial charge in [0, 0.05) is 4.90 Å². The minimum Gasteiger partial charge on any atom is -0.478 e. The predicted molar refractivity (Wildman–Crippen MR) is 136 cm³/mol. The second-order valence-corrected chi connectivity index (χ2v) is 9.24. The number of allylic oxidation sites excluding steroid dienone is 4. The van der Waals surface area contributed by atoms with Crippen LogP contribution in [0.15, 0.2) is 89.4 Å². The molecule has 1 heterocycles. The van der Waals surface area contributed by atoms with Crippen LogP contribution in [0, 0.1) is 5.92 Å². The van der Waals surface area contributed by atoms with Gasteiger partial charge < -0.3 is 5.11 Å². The highest BCUT2D eigenvalue weighted by atomic mass is 32.2. The number of rotatable bonds is 7. The molecule has 0 saturated heterocycles.